The summed E-state index contributed by atoms with van der Waals surface area (Å²) in [5, 5.41) is 6.18. The molecule has 11 heteroatoms. The van der Waals surface area contributed by atoms with Gasteiger partial charge in [-0.25, -0.2) is 8.78 Å². The lowest BCUT2D eigenvalue weighted by Gasteiger charge is -2.19. The average molecular weight is 594 g/mol. The number of hydrogen-bond acceptors (Lipinski definition) is 3. The molecular formula is C31H17ClF5N3O2. The number of pyridine rings is 1. The predicted octanol–water partition coefficient (Wildman–Crippen LogP) is 7.94. The second kappa shape index (κ2) is 10.2. The van der Waals surface area contributed by atoms with Crippen molar-refractivity contribution >= 4 is 40.0 Å². The van der Waals surface area contributed by atoms with Crippen LogP contribution in [0.5, 0.6) is 0 Å². The van der Waals surface area contributed by atoms with Crippen molar-refractivity contribution in [2.24, 2.45) is 0 Å². The summed E-state index contributed by atoms with van der Waals surface area (Å²) in [4.78, 5) is 30.9. The summed E-state index contributed by atoms with van der Waals surface area (Å²) < 4.78 is 68.4. The smallest absolute Gasteiger partial charge is 0.341 e. The van der Waals surface area contributed by atoms with Crippen LogP contribution in [0.1, 0.15) is 43.4 Å². The molecule has 2 N–H and O–H groups in total. The SMILES string of the molecule is O=C(Nc1cc(-c2ccnc3ccccc23)cc2c1C(c1cc(F)ccc1Cl)NC2=O)c1cc(F)cc(C(F)(F)F)c1. The Balaban J connectivity index is 1.54. The van der Waals surface area contributed by atoms with E-state index in [2.05, 4.69) is 15.6 Å². The van der Waals surface area contributed by atoms with Crippen molar-refractivity contribution in [2.45, 2.75) is 12.2 Å². The van der Waals surface area contributed by atoms with Gasteiger partial charge in [0.1, 0.15) is 11.6 Å². The molecule has 6 rings (SSSR count). The highest BCUT2D eigenvalue weighted by Crippen LogP contribution is 2.43. The number of carbonyl (C=O) groups is 2. The molecular weight excluding hydrogens is 577 g/mol. The first-order valence-electron chi connectivity index (χ1n) is 12.5. The third-order valence-electron chi connectivity index (χ3n) is 6.95. The zero-order valence-corrected chi connectivity index (χ0v) is 21.9. The van der Waals surface area contributed by atoms with Crippen molar-refractivity contribution < 1.29 is 31.5 Å². The Bertz CT molecular complexity index is 1920. The van der Waals surface area contributed by atoms with E-state index in [-0.39, 0.29) is 33.5 Å². The van der Waals surface area contributed by atoms with Crippen LogP contribution in [0.3, 0.4) is 0 Å². The van der Waals surface area contributed by atoms with Gasteiger partial charge in [-0.15, -0.1) is 0 Å². The van der Waals surface area contributed by atoms with Crippen LogP contribution in [-0.4, -0.2) is 16.8 Å². The number of benzene rings is 4. The van der Waals surface area contributed by atoms with Gasteiger partial charge in [0.05, 0.1) is 17.1 Å². The fraction of sp³-hybridized carbons (Fsp3) is 0.0645. The monoisotopic (exact) mass is 593 g/mol. The van der Waals surface area contributed by atoms with Gasteiger partial charge in [0, 0.05) is 44.5 Å². The summed E-state index contributed by atoms with van der Waals surface area (Å²) in [6.45, 7) is 0. The van der Waals surface area contributed by atoms with Crippen LogP contribution in [0.2, 0.25) is 5.02 Å². The summed E-state index contributed by atoms with van der Waals surface area (Å²) in [7, 11) is 0. The van der Waals surface area contributed by atoms with Gasteiger partial charge in [0.15, 0.2) is 0 Å². The minimum absolute atomic E-state index is 0.0369. The molecule has 0 saturated carbocycles. The van der Waals surface area contributed by atoms with Crippen LogP contribution in [-0.2, 0) is 6.18 Å². The summed E-state index contributed by atoms with van der Waals surface area (Å²) >= 11 is 6.35. The Hall–Kier alpha value is -4.83. The first-order chi connectivity index (χ1) is 20.0. The number of rotatable bonds is 4. The zero-order chi connectivity index (χ0) is 29.8. The quantitative estimate of drug-likeness (QED) is 0.208. The average Bonchev–Trinajstić information content (AvgIpc) is 3.29. The standard InChI is InChI=1S/C31H17ClF5N3O2/c32-24-6-5-18(33)14-22(24)28-27-23(30(42)40-28)11-15(20-7-8-38-25-4-2-1-3-21(20)25)12-26(27)39-29(41)16-9-17(31(35,36)37)13-19(34)10-16/h1-14,28H,(H,39,41)(H,40,42). The second-order valence-electron chi connectivity index (χ2n) is 9.61. The summed E-state index contributed by atoms with van der Waals surface area (Å²) in [6.07, 6.45) is -3.32. The maximum atomic E-state index is 14.2. The number of halogens is 6. The Labute approximate surface area is 240 Å². The van der Waals surface area contributed by atoms with Crippen LogP contribution in [0.4, 0.5) is 27.6 Å². The molecule has 4 aromatic carbocycles. The predicted molar refractivity (Wildman–Crippen MR) is 147 cm³/mol. The lowest BCUT2D eigenvalue weighted by atomic mass is 9.91. The van der Waals surface area contributed by atoms with E-state index in [9.17, 15) is 31.5 Å². The van der Waals surface area contributed by atoms with E-state index in [4.69, 9.17) is 11.6 Å². The van der Waals surface area contributed by atoms with Gasteiger partial charge in [-0.05, 0) is 71.8 Å². The Morgan fingerprint density at radius 3 is 2.48 bits per heavy atom. The van der Waals surface area contributed by atoms with Crippen LogP contribution in [0.15, 0.2) is 85.1 Å². The molecule has 0 aliphatic carbocycles. The molecule has 2 amide bonds. The Kier molecular flexibility index (Phi) is 6.65. The van der Waals surface area contributed by atoms with E-state index in [1.165, 1.54) is 6.07 Å². The van der Waals surface area contributed by atoms with E-state index >= 15 is 0 Å². The second-order valence-corrected chi connectivity index (χ2v) is 10.0. The van der Waals surface area contributed by atoms with E-state index < -0.39 is 46.8 Å². The molecule has 0 spiro atoms. The summed E-state index contributed by atoms with van der Waals surface area (Å²) in [6, 6.07) is 16.2. The van der Waals surface area contributed by atoms with Crippen molar-refractivity contribution in [1.82, 2.24) is 10.3 Å². The number of fused-ring (bicyclic) bond motifs is 2. The van der Waals surface area contributed by atoms with Crippen LogP contribution < -0.4 is 10.6 Å². The van der Waals surface area contributed by atoms with E-state index in [0.29, 0.717) is 28.8 Å². The number of anilines is 1. The molecule has 1 aromatic heterocycles. The van der Waals surface area contributed by atoms with Gasteiger partial charge < -0.3 is 10.6 Å². The first-order valence-corrected chi connectivity index (χ1v) is 12.8. The molecule has 1 atom stereocenters. The zero-order valence-electron chi connectivity index (χ0n) is 21.2. The summed E-state index contributed by atoms with van der Waals surface area (Å²) in [5.74, 6) is -3.47. The normalized spacial score (nSPS) is 14.5. The van der Waals surface area contributed by atoms with E-state index in [0.717, 1.165) is 17.5 Å². The third-order valence-corrected chi connectivity index (χ3v) is 7.30. The van der Waals surface area contributed by atoms with Gasteiger partial charge in [0.2, 0.25) is 0 Å². The highest BCUT2D eigenvalue weighted by Gasteiger charge is 2.36. The molecule has 1 unspecified atom stereocenters. The number of carbonyl (C=O) groups excluding carboxylic acids is 2. The largest absolute Gasteiger partial charge is 0.416 e. The van der Waals surface area contributed by atoms with Crippen LogP contribution in [0, 0.1) is 11.6 Å². The minimum atomic E-state index is -4.89. The number of amides is 2. The van der Waals surface area contributed by atoms with Crippen LogP contribution in [0.25, 0.3) is 22.0 Å². The number of alkyl halides is 3. The fourth-order valence-corrected chi connectivity index (χ4v) is 5.31. The van der Waals surface area contributed by atoms with Crippen molar-refractivity contribution in [2.75, 3.05) is 5.32 Å². The molecule has 42 heavy (non-hydrogen) atoms. The number of nitrogens with zero attached hydrogens (tertiary/aromatic N) is 1. The van der Waals surface area contributed by atoms with Crippen molar-refractivity contribution in [3.05, 3.63) is 130 Å². The highest BCUT2D eigenvalue weighted by molar-refractivity contribution is 6.31. The topological polar surface area (TPSA) is 71.1 Å². The highest BCUT2D eigenvalue weighted by atomic mass is 35.5. The first kappa shape index (κ1) is 27.3. The lowest BCUT2D eigenvalue weighted by Crippen LogP contribution is -2.21. The maximum Gasteiger partial charge on any atom is 0.416 e. The minimum Gasteiger partial charge on any atom is -0.341 e. The van der Waals surface area contributed by atoms with Gasteiger partial charge in [0.25, 0.3) is 11.8 Å². The lowest BCUT2D eigenvalue weighted by molar-refractivity contribution is -0.137. The van der Waals surface area contributed by atoms with Crippen molar-refractivity contribution in [3.8, 4) is 11.1 Å². The molecule has 0 saturated heterocycles. The number of para-hydroxylation sites is 1. The van der Waals surface area contributed by atoms with E-state index in [1.54, 1.807) is 36.5 Å². The Morgan fingerprint density at radius 2 is 1.69 bits per heavy atom. The molecule has 5 aromatic rings. The summed E-state index contributed by atoms with van der Waals surface area (Å²) in [5.41, 5.74) is 0.461. The Morgan fingerprint density at radius 1 is 0.905 bits per heavy atom. The molecule has 1 aliphatic heterocycles. The molecule has 0 radical (unpaired) electrons. The molecule has 5 nitrogen and oxygen atoms in total. The molecule has 1 aliphatic rings. The van der Waals surface area contributed by atoms with Gasteiger partial charge >= 0.3 is 6.18 Å². The van der Waals surface area contributed by atoms with Crippen LogP contribution >= 0.6 is 11.6 Å². The van der Waals surface area contributed by atoms with Crippen molar-refractivity contribution in [1.29, 1.82) is 0 Å². The molecule has 0 fully saturated rings. The van der Waals surface area contributed by atoms with Crippen molar-refractivity contribution in [3.63, 3.8) is 0 Å². The van der Waals surface area contributed by atoms with Gasteiger partial charge in [-0.1, -0.05) is 29.8 Å². The van der Waals surface area contributed by atoms with Gasteiger partial charge in [-0.2, -0.15) is 13.2 Å². The van der Waals surface area contributed by atoms with E-state index in [1.807, 2.05) is 12.1 Å². The maximum absolute atomic E-state index is 14.2. The fourth-order valence-electron chi connectivity index (χ4n) is 5.09. The number of nitrogens with one attached hydrogen (secondary N) is 2. The molecule has 0 bridgehead atoms. The number of aromatic nitrogens is 1. The third kappa shape index (κ3) is 4.94. The van der Waals surface area contributed by atoms with Gasteiger partial charge in [-0.3, -0.25) is 14.6 Å². The molecule has 210 valence electrons. The molecule has 2 heterocycles. The number of hydrogen-bond donors (Lipinski definition) is 2.